The van der Waals surface area contributed by atoms with Gasteiger partial charge in [-0.25, -0.2) is 9.37 Å². The van der Waals surface area contributed by atoms with Gasteiger partial charge in [-0.2, -0.15) is 0 Å². The molecule has 25 heavy (non-hydrogen) atoms. The van der Waals surface area contributed by atoms with Gasteiger partial charge >= 0.3 is 7.12 Å². The normalized spacial score (nSPS) is 25.1. The molecular weight excluding hydrogens is 320 g/mol. The lowest BCUT2D eigenvalue weighted by atomic mass is 9.79. The van der Waals surface area contributed by atoms with Gasteiger partial charge in [0, 0.05) is 12.3 Å². The fourth-order valence-electron chi connectivity index (χ4n) is 3.15. The lowest BCUT2D eigenvalue weighted by Crippen LogP contribution is -2.41. The number of halogens is 1. The van der Waals surface area contributed by atoms with Gasteiger partial charge in [-0.1, -0.05) is 0 Å². The zero-order chi connectivity index (χ0) is 18.2. The molecular formula is C19H27BFNO3. The number of aryl methyl sites for hydroxylation is 1. The van der Waals surface area contributed by atoms with Crippen molar-refractivity contribution in [2.45, 2.75) is 77.6 Å². The summed E-state index contributed by atoms with van der Waals surface area (Å²) in [5.41, 5.74) is 0.605. The topological polar surface area (TPSA) is 40.6 Å². The summed E-state index contributed by atoms with van der Waals surface area (Å²) in [7, 11) is -0.893. The number of pyridine rings is 1. The first-order valence-electron chi connectivity index (χ1n) is 9.00. The predicted molar refractivity (Wildman–Crippen MR) is 96.1 cm³/mol. The van der Waals surface area contributed by atoms with Crippen molar-refractivity contribution >= 4 is 7.12 Å². The molecule has 1 aromatic rings. The van der Waals surface area contributed by atoms with Crippen LogP contribution in [0.25, 0.3) is 0 Å². The molecule has 0 amide bonds. The summed E-state index contributed by atoms with van der Waals surface area (Å²) in [5, 5.41) is 0. The molecule has 6 heteroatoms. The first-order valence-corrected chi connectivity index (χ1v) is 9.00. The standard InChI is InChI=1S/C19H27BFNO3/c1-13-10-11-22-16(12-13)23-15-8-6-14(7-9-15)17(21)20-24-18(2,3)19(4,5)25-20/h10-12,15H,6-9H2,1-5H3. The Morgan fingerprint density at radius 3 is 2.36 bits per heavy atom. The Balaban J connectivity index is 1.61. The van der Waals surface area contributed by atoms with Crippen molar-refractivity contribution in [1.29, 1.82) is 0 Å². The largest absolute Gasteiger partial charge is 0.525 e. The van der Waals surface area contributed by atoms with Crippen LogP contribution >= 0.6 is 0 Å². The van der Waals surface area contributed by atoms with Crippen LogP contribution in [0.1, 0.15) is 58.9 Å². The molecule has 0 spiro atoms. The molecule has 0 bridgehead atoms. The first kappa shape index (κ1) is 18.4. The van der Waals surface area contributed by atoms with Crippen LogP contribution in [0.2, 0.25) is 0 Å². The molecule has 0 radical (unpaired) electrons. The molecule has 0 unspecified atom stereocenters. The zero-order valence-electron chi connectivity index (χ0n) is 15.8. The zero-order valence-corrected chi connectivity index (χ0v) is 15.8. The van der Waals surface area contributed by atoms with E-state index in [1.54, 1.807) is 6.20 Å². The van der Waals surface area contributed by atoms with E-state index in [0.717, 1.165) is 24.0 Å². The summed E-state index contributed by atoms with van der Waals surface area (Å²) in [4.78, 5) is 4.23. The Labute approximate surface area is 149 Å². The number of allylic oxidation sites excluding steroid dienone is 1. The summed E-state index contributed by atoms with van der Waals surface area (Å²) in [5.74, 6) is 0.642. The number of aromatic nitrogens is 1. The lowest BCUT2D eigenvalue weighted by molar-refractivity contribution is 0.00578. The highest BCUT2D eigenvalue weighted by Gasteiger charge is 2.53. The molecule has 3 rings (SSSR count). The van der Waals surface area contributed by atoms with Crippen molar-refractivity contribution in [2.75, 3.05) is 0 Å². The maximum Gasteiger partial charge on any atom is 0.525 e. The van der Waals surface area contributed by atoms with Gasteiger partial charge in [0.05, 0.1) is 11.2 Å². The summed E-state index contributed by atoms with van der Waals surface area (Å²) in [6.07, 6.45) is 4.69. The van der Waals surface area contributed by atoms with Crippen LogP contribution in [0, 0.1) is 6.92 Å². The Kier molecular flexibility index (Phi) is 4.95. The molecule has 0 atom stereocenters. The molecule has 136 valence electrons. The van der Waals surface area contributed by atoms with Crippen molar-refractivity contribution in [2.24, 2.45) is 0 Å². The third-order valence-corrected chi connectivity index (χ3v) is 5.51. The second kappa shape index (κ2) is 6.73. The van der Waals surface area contributed by atoms with E-state index in [0.29, 0.717) is 18.7 Å². The quantitative estimate of drug-likeness (QED) is 0.751. The number of nitrogens with zero attached hydrogens (tertiary/aromatic N) is 1. The van der Waals surface area contributed by atoms with Crippen molar-refractivity contribution in [3.8, 4) is 5.88 Å². The molecule has 2 heterocycles. The molecule has 1 aliphatic heterocycles. The Morgan fingerprint density at radius 2 is 1.80 bits per heavy atom. The van der Waals surface area contributed by atoms with Gasteiger partial charge in [0.1, 0.15) is 11.8 Å². The van der Waals surface area contributed by atoms with Crippen molar-refractivity contribution in [1.82, 2.24) is 4.98 Å². The van der Waals surface area contributed by atoms with E-state index in [2.05, 4.69) is 4.98 Å². The molecule has 1 aliphatic carbocycles. The van der Waals surface area contributed by atoms with E-state index < -0.39 is 18.3 Å². The van der Waals surface area contributed by atoms with E-state index in [4.69, 9.17) is 14.0 Å². The highest BCUT2D eigenvalue weighted by molar-refractivity contribution is 6.53. The second-order valence-electron chi connectivity index (χ2n) is 8.03. The van der Waals surface area contributed by atoms with E-state index in [-0.39, 0.29) is 11.8 Å². The number of hydrogen-bond acceptors (Lipinski definition) is 4. The molecule has 1 aromatic heterocycles. The fourth-order valence-corrected chi connectivity index (χ4v) is 3.15. The van der Waals surface area contributed by atoms with Gasteiger partial charge in [0.25, 0.3) is 0 Å². The predicted octanol–water partition coefficient (Wildman–Crippen LogP) is 4.57. The SMILES string of the molecule is Cc1ccnc(OC2CCC(=C(F)B3OC(C)(C)C(C)(C)O3)CC2)c1. The molecule has 0 aromatic carbocycles. The van der Waals surface area contributed by atoms with Crippen LogP contribution < -0.4 is 4.74 Å². The maximum absolute atomic E-state index is 14.9. The number of rotatable bonds is 3. The van der Waals surface area contributed by atoms with Gasteiger partial charge < -0.3 is 14.0 Å². The summed E-state index contributed by atoms with van der Waals surface area (Å²) >= 11 is 0. The van der Waals surface area contributed by atoms with Crippen molar-refractivity contribution < 1.29 is 18.4 Å². The molecule has 1 saturated carbocycles. The van der Waals surface area contributed by atoms with Gasteiger partial charge in [0.2, 0.25) is 5.88 Å². The van der Waals surface area contributed by atoms with Crippen LogP contribution in [-0.4, -0.2) is 29.4 Å². The summed E-state index contributed by atoms with van der Waals surface area (Å²) in [6.45, 7) is 9.75. The molecule has 2 aliphatic rings. The highest BCUT2D eigenvalue weighted by atomic mass is 19.1. The van der Waals surface area contributed by atoms with Gasteiger partial charge in [-0.15, -0.1) is 0 Å². The van der Waals surface area contributed by atoms with E-state index >= 15 is 0 Å². The molecule has 1 saturated heterocycles. The number of ether oxygens (including phenoxy) is 1. The van der Waals surface area contributed by atoms with E-state index in [1.807, 2.05) is 46.8 Å². The fraction of sp³-hybridized carbons (Fsp3) is 0.632. The van der Waals surface area contributed by atoms with Crippen LogP contribution in [0.5, 0.6) is 5.88 Å². The van der Waals surface area contributed by atoms with Crippen LogP contribution in [0.3, 0.4) is 0 Å². The minimum absolute atomic E-state index is 0.0733. The highest BCUT2D eigenvalue weighted by Crippen LogP contribution is 2.40. The van der Waals surface area contributed by atoms with Crippen molar-refractivity contribution in [3.63, 3.8) is 0 Å². The third kappa shape index (κ3) is 3.90. The third-order valence-electron chi connectivity index (χ3n) is 5.51. The Morgan fingerprint density at radius 1 is 1.20 bits per heavy atom. The monoisotopic (exact) mass is 347 g/mol. The van der Waals surface area contributed by atoms with Gasteiger partial charge in [-0.3, -0.25) is 0 Å². The molecule has 2 fully saturated rings. The van der Waals surface area contributed by atoms with Gasteiger partial charge in [0.15, 0.2) is 0 Å². The minimum Gasteiger partial charge on any atom is -0.474 e. The van der Waals surface area contributed by atoms with E-state index in [1.165, 1.54) is 0 Å². The molecule has 0 N–H and O–H groups in total. The van der Waals surface area contributed by atoms with Crippen LogP contribution in [0.4, 0.5) is 4.39 Å². The van der Waals surface area contributed by atoms with Crippen LogP contribution in [0.15, 0.2) is 29.6 Å². The summed E-state index contributed by atoms with van der Waals surface area (Å²) in [6, 6.07) is 3.87. The van der Waals surface area contributed by atoms with Gasteiger partial charge in [-0.05, 0) is 77.5 Å². The smallest absolute Gasteiger partial charge is 0.474 e. The van der Waals surface area contributed by atoms with Crippen LogP contribution in [-0.2, 0) is 9.31 Å². The van der Waals surface area contributed by atoms with Crippen molar-refractivity contribution in [3.05, 3.63) is 35.2 Å². The maximum atomic E-state index is 14.9. The van der Waals surface area contributed by atoms with E-state index in [9.17, 15) is 4.39 Å². The second-order valence-corrected chi connectivity index (χ2v) is 8.03. The lowest BCUT2D eigenvalue weighted by Gasteiger charge is -2.32. The number of hydrogen-bond donors (Lipinski definition) is 0. The molecule has 4 nitrogen and oxygen atoms in total. The minimum atomic E-state index is -0.893. The Hall–Kier alpha value is -1.40. The first-order chi connectivity index (χ1) is 11.7. The average molecular weight is 347 g/mol. The summed E-state index contributed by atoms with van der Waals surface area (Å²) < 4.78 is 32.4. The average Bonchev–Trinajstić information content (AvgIpc) is 2.75. The Bertz CT molecular complexity index is 648.